The highest BCUT2D eigenvalue weighted by Crippen LogP contribution is 2.35. The summed E-state index contributed by atoms with van der Waals surface area (Å²) in [6.45, 7) is 4.06. The summed E-state index contributed by atoms with van der Waals surface area (Å²) in [6.07, 6.45) is 2.96. The molecule has 1 unspecified atom stereocenters. The number of carbonyl (C=O) groups is 1. The van der Waals surface area contributed by atoms with Crippen LogP contribution in [-0.2, 0) is 11.2 Å². The zero-order chi connectivity index (χ0) is 11.7. The maximum absolute atomic E-state index is 10.8. The minimum Gasteiger partial charge on any atom is -0.481 e. The van der Waals surface area contributed by atoms with Crippen LogP contribution in [0.4, 0.5) is 0 Å². The molecule has 1 atom stereocenters. The highest BCUT2D eigenvalue weighted by Gasteiger charge is 2.28. The number of hydrogen-bond donors (Lipinski definition) is 1. The molecule has 1 aromatic rings. The summed E-state index contributed by atoms with van der Waals surface area (Å²) < 4.78 is 5.68. The summed E-state index contributed by atoms with van der Waals surface area (Å²) in [5.74, 6) is 1.18. The van der Waals surface area contributed by atoms with Crippen LogP contribution in [0, 0.1) is 0 Å². The van der Waals surface area contributed by atoms with E-state index in [0.29, 0.717) is 0 Å². The molecule has 0 aromatic carbocycles. The summed E-state index contributed by atoms with van der Waals surface area (Å²) in [6, 6.07) is 0. The van der Waals surface area contributed by atoms with E-state index in [0.717, 1.165) is 36.6 Å². The molecule has 2 rings (SSSR count). The normalized spacial score (nSPS) is 19.8. The second-order valence-corrected chi connectivity index (χ2v) is 4.70. The van der Waals surface area contributed by atoms with E-state index in [4.69, 9.17) is 9.52 Å². The maximum atomic E-state index is 10.8. The van der Waals surface area contributed by atoms with Crippen molar-refractivity contribution in [2.75, 3.05) is 0 Å². The first-order valence-electron chi connectivity index (χ1n) is 5.79. The fraction of sp³-hybridized carbons (Fsp3) is 0.667. The van der Waals surface area contributed by atoms with Gasteiger partial charge in [-0.25, -0.2) is 4.98 Å². The highest BCUT2D eigenvalue weighted by atomic mass is 16.4. The standard InChI is InChI=1S/C12H17NO3/c1-7(2)12-13-11-8(6-10(14)15)4-3-5-9(11)16-12/h7-8H,3-6H2,1-2H3,(H,14,15). The van der Waals surface area contributed by atoms with Crippen molar-refractivity contribution in [2.45, 2.75) is 51.4 Å². The minimum atomic E-state index is -0.757. The fourth-order valence-corrected chi connectivity index (χ4v) is 2.18. The molecule has 1 aliphatic carbocycles. The Bertz CT molecular complexity index is 395. The van der Waals surface area contributed by atoms with Gasteiger partial charge in [0, 0.05) is 18.3 Å². The summed E-state index contributed by atoms with van der Waals surface area (Å²) in [5.41, 5.74) is 0.886. The fourth-order valence-electron chi connectivity index (χ4n) is 2.18. The largest absolute Gasteiger partial charge is 0.481 e. The predicted octanol–water partition coefficient (Wildman–Crippen LogP) is 2.69. The van der Waals surface area contributed by atoms with Gasteiger partial charge in [0.2, 0.25) is 0 Å². The van der Waals surface area contributed by atoms with Crippen LogP contribution < -0.4 is 0 Å². The van der Waals surface area contributed by atoms with Crippen LogP contribution in [0.1, 0.15) is 62.3 Å². The molecule has 4 heteroatoms. The number of nitrogens with zero attached hydrogens (tertiary/aromatic N) is 1. The minimum absolute atomic E-state index is 0.0394. The molecule has 1 aromatic heterocycles. The topological polar surface area (TPSA) is 63.3 Å². The molecule has 0 bridgehead atoms. The Morgan fingerprint density at radius 2 is 2.38 bits per heavy atom. The van der Waals surface area contributed by atoms with E-state index in [2.05, 4.69) is 4.98 Å². The molecule has 1 N–H and O–H groups in total. The van der Waals surface area contributed by atoms with Gasteiger partial charge in [-0.3, -0.25) is 4.79 Å². The van der Waals surface area contributed by atoms with Gasteiger partial charge in [0.05, 0.1) is 12.1 Å². The lowest BCUT2D eigenvalue weighted by Gasteiger charge is -2.17. The second kappa shape index (κ2) is 4.28. The first kappa shape index (κ1) is 11.2. The first-order valence-corrected chi connectivity index (χ1v) is 5.79. The van der Waals surface area contributed by atoms with Gasteiger partial charge in [0.1, 0.15) is 5.76 Å². The lowest BCUT2D eigenvalue weighted by Crippen LogP contribution is -2.13. The number of aliphatic carboxylic acids is 1. The molecular weight excluding hydrogens is 206 g/mol. The van der Waals surface area contributed by atoms with Crippen molar-refractivity contribution >= 4 is 5.97 Å². The molecule has 0 saturated carbocycles. The van der Waals surface area contributed by atoms with E-state index in [1.54, 1.807) is 0 Å². The average Bonchev–Trinajstić information content (AvgIpc) is 2.61. The van der Waals surface area contributed by atoms with Crippen LogP contribution in [-0.4, -0.2) is 16.1 Å². The molecule has 1 aliphatic rings. The van der Waals surface area contributed by atoms with Crippen molar-refractivity contribution in [1.29, 1.82) is 0 Å². The lowest BCUT2D eigenvalue weighted by molar-refractivity contribution is -0.137. The Labute approximate surface area is 94.7 Å². The Hall–Kier alpha value is -1.32. The number of aryl methyl sites for hydroxylation is 1. The van der Waals surface area contributed by atoms with E-state index >= 15 is 0 Å². The van der Waals surface area contributed by atoms with E-state index < -0.39 is 5.97 Å². The van der Waals surface area contributed by atoms with Crippen molar-refractivity contribution in [2.24, 2.45) is 0 Å². The predicted molar refractivity (Wildman–Crippen MR) is 58.5 cm³/mol. The van der Waals surface area contributed by atoms with Crippen molar-refractivity contribution in [3.05, 3.63) is 17.3 Å². The molecular formula is C12H17NO3. The Balaban J connectivity index is 2.27. The smallest absolute Gasteiger partial charge is 0.304 e. The maximum Gasteiger partial charge on any atom is 0.304 e. The number of hydrogen-bond acceptors (Lipinski definition) is 3. The molecule has 1 heterocycles. The van der Waals surface area contributed by atoms with Crippen molar-refractivity contribution in [1.82, 2.24) is 4.98 Å². The van der Waals surface area contributed by atoms with Gasteiger partial charge in [-0.1, -0.05) is 13.8 Å². The van der Waals surface area contributed by atoms with Crippen LogP contribution in [0.25, 0.3) is 0 Å². The molecule has 0 amide bonds. The van der Waals surface area contributed by atoms with Crippen molar-refractivity contribution in [3.63, 3.8) is 0 Å². The number of fused-ring (bicyclic) bond motifs is 1. The van der Waals surface area contributed by atoms with Gasteiger partial charge >= 0.3 is 5.97 Å². The van der Waals surface area contributed by atoms with E-state index in [1.807, 2.05) is 13.8 Å². The average molecular weight is 223 g/mol. The molecule has 0 aliphatic heterocycles. The quantitative estimate of drug-likeness (QED) is 0.855. The molecule has 0 radical (unpaired) electrons. The zero-order valence-electron chi connectivity index (χ0n) is 9.69. The monoisotopic (exact) mass is 223 g/mol. The third-order valence-electron chi connectivity index (χ3n) is 3.00. The Morgan fingerprint density at radius 3 is 3.00 bits per heavy atom. The van der Waals surface area contributed by atoms with Crippen molar-refractivity contribution < 1.29 is 14.3 Å². The van der Waals surface area contributed by atoms with Gasteiger partial charge in [-0.15, -0.1) is 0 Å². The second-order valence-electron chi connectivity index (χ2n) is 4.70. The number of carboxylic acid groups (broad SMARTS) is 1. The molecule has 0 spiro atoms. The number of aromatic nitrogens is 1. The van der Waals surface area contributed by atoms with E-state index in [9.17, 15) is 4.79 Å². The third kappa shape index (κ3) is 2.10. The van der Waals surface area contributed by atoms with Crippen LogP contribution in [0.2, 0.25) is 0 Å². The molecule has 16 heavy (non-hydrogen) atoms. The molecule has 0 fully saturated rings. The summed E-state index contributed by atoms with van der Waals surface area (Å²) in [7, 11) is 0. The van der Waals surface area contributed by atoms with E-state index in [-0.39, 0.29) is 18.3 Å². The summed E-state index contributed by atoms with van der Waals surface area (Å²) in [5, 5.41) is 8.85. The molecule has 0 saturated heterocycles. The van der Waals surface area contributed by atoms with Crippen LogP contribution >= 0.6 is 0 Å². The number of rotatable bonds is 3. The van der Waals surface area contributed by atoms with Crippen molar-refractivity contribution in [3.8, 4) is 0 Å². The Morgan fingerprint density at radius 1 is 1.62 bits per heavy atom. The van der Waals surface area contributed by atoms with Gasteiger partial charge < -0.3 is 9.52 Å². The Kier molecular flexibility index (Phi) is 2.99. The van der Waals surface area contributed by atoms with Gasteiger partial charge in [0.15, 0.2) is 5.89 Å². The third-order valence-corrected chi connectivity index (χ3v) is 3.00. The van der Waals surface area contributed by atoms with E-state index in [1.165, 1.54) is 0 Å². The van der Waals surface area contributed by atoms with Gasteiger partial charge in [-0.05, 0) is 12.8 Å². The van der Waals surface area contributed by atoms with Gasteiger partial charge in [0.25, 0.3) is 0 Å². The van der Waals surface area contributed by atoms with Gasteiger partial charge in [-0.2, -0.15) is 0 Å². The summed E-state index contributed by atoms with van der Waals surface area (Å²) in [4.78, 5) is 15.2. The van der Waals surface area contributed by atoms with Crippen LogP contribution in [0.5, 0.6) is 0 Å². The van der Waals surface area contributed by atoms with Crippen LogP contribution in [0.15, 0.2) is 4.42 Å². The number of oxazole rings is 1. The zero-order valence-corrected chi connectivity index (χ0v) is 9.69. The molecule has 88 valence electrons. The van der Waals surface area contributed by atoms with Crippen LogP contribution in [0.3, 0.4) is 0 Å². The lowest BCUT2D eigenvalue weighted by atomic mass is 9.88. The SMILES string of the molecule is CC(C)c1nc2c(o1)CCCC2CC(=O)O. The molecule has 4 nitrogen and oxygen atoms in total. The highest BCUT2D eigenvalue weighted by molar-refractivity contribution is 5.68. The first-order chi connectivity index (χ1) is 7.58. The summed E-state index contributed by atoms with van der Waals surface area (Å²) >= 11 is 0. The number of carboxylic acids is 1.